The van der Waals surface area contributed by atoms with Gasteiger partial charge in [0, 0.05) is 30.9 Å². The largest absolute Gasteiger partial charge is 0.384 e. The Labute approximate surface area is 127 Å². The number of aromatic nitrogens is 2. The summed E-state index contributed by atoms with van der Waals surface area (Å²) < 4.78 is 1.75. The fraction of sp³-hybridized carbons (Fsp3) is 0.333. The van der Waals surface area contributed by atoms with E-state index in [1.807, 2.05) is 25.5 Å². The lowest BCUT2D eigenvalue weighted by molar-refractivity contribution is 0.0954. The molecule has 0 saturated carbocycles. The van der Waals surface area contributed by atoms with Crippen LogP contribution in [0.25, 0.3) is 0 Å². The number of hydrogen-bond acceptors (Lipinski definition) is 4. The zero-order chi connectivity index (χ0) is 15.2. The standard InChI is InChI=1S/C15H17N3O2S/c1-3-13-12(10-18(2)17-13)9-16-15(20)14-11(5-4-7-19)6-8-21-14/h6,8,10,19H,3,7,9H2,1-2H3,(H,16,20). The molecule has 0 aliphatic heterocycles. The van der Waals surface area contributed by atoms with Crippen LogP contribution in [-0.2, 0) is 20.0 Å². The maximum absolute atomic E-state index is 12.2. The molecule has 0 saturated heterocycles. The monoisotopic (exact) mass is 303 g/mol. The molecule has 0 spiro atoms. The number of aliphatic hydroxyl groups is 1. The Balaban J connectivity index is 2.07. The molecule has 5 nitrogen and oxygen atoms in total. The Morgan fingerprint density at radius 3 is 3.10 bits per heavy atom. The summed E-state index contributed by atoms with van der Waals surface area (Å²) in [5, 5.41) is 17.8. The topological polar surface area (TPSA) is 67.2 Å². The van der Waals surface area contributed by atoms with Gasteiger partial charge >= 0.3 is 0 Å². The Hall–Kier alpha value is -2.10. The van der Waals surface area contributed by atoms with Gasteiger partial charge in [0.05, 0.1) is 5.69 Å². The van der Waals surface area contributed by atoms with Crippen LogP contribution in [0.15, 0.2) is 17.6 Å². The number of amides is 1. The van der Waals surface area contributed by atoms with Gasteiger partial charge in [0.25, 0.3) is 5.91 Å². The third-order valence-corrected chi connectivity index (χ3v) is 3.85. The van der Waals surface area contributed by atoms with Gasteiger partial charge in [-0.1, -0.05) is 18.8 Å². The molecule has 1 amide bonds. The minimum Gasteiger partial charge on any atom is -0.384 e. The van der Waals surface area contributed by atoms with E-state index in [4.69, 9.17) is 5.11 Å². The van der Waals surface area contributed by atoms with Gasteiger partial charge < -0.3 is 10.4 Å². The number of carbonyl (C=O) groups is 1. The summed E-state index contributed by atoms with van der Waals surface area (Å²) in [5.74, 6) is 5.19. The predicted octanol–water partition coefficient (Wildman–Crippen LogP) is 1.32. The van der Waals surface area contributed by atoms with Crippen molar-refractivity contribution in [2.24, 2.45) is 7.05 Å². The van der Waals surface area contributed by atoms with E-state index in [9.17, 15) is 4.79 Å². The molecule has 2 rings (SSSR count). The van der Waals surface area contributed by atoms with E-state index < -0.39 is 0 Å². The molecule has 21 heavy (non-hydrogen) atoms. The molecule has 2 heterocycles. The molecule has 110 valence electrons. The Bertz CT molecular complexity index is 691. The van der Waals surface area contributed by atoms with Crippen LogP contribution in [0.4, 0.5) is 0 Å². The van der Waals surface area contributed by atoms with E-state index in [0.717, 1.165) is 17.7 Å². The van der Waals surface area contributed by atoms with Crippen LogP contribution in [0.2, 0.25) is 0 Å². The lowest BCUT2D eigenvalue weighted by Gasteiger charge is -2.03. The van der Waals surface area contributed by atoms with Crippen molar-refractivity contribution in [3.05, 3.63) is 39.3 Å². The van der Waals surface area contributed by atoms with Crippen molar-refractivity contribution in [2.75, 3.05) is 6.61 Å². The number of carbonyl (C=O) groups excluding carboxylic acids is 1. The molecule has 2 aromatic heterocycles. The van der Waals surface area contributed by atoms with Crippen molar-refractivity contribution in [3.63, 3.8) is 0 Å². The van der Waals surface area contributed by atoms with Crippen molar-refractivity contribution in [2.45, 2.75) is 19.9 Å². The van der Waals surface area contributed by atoms with Crippen LogP contribution >= 0.6 is 11.3 Å². The van der Waals surface area contributed by atoms with Gasteiger partial charge in [0.1, 0.15) is 11.5 Å². The van der Waals surface area contributed by atoms with Gasteiger partial charge in [-0.25, -0.2) is 0 Å². The highest BCUT2D eigenvalue weighted by atomic mass is 32.1. The summed E-state index contributed by atoms with van der Waals surface area (Å²) in [6, 6.07) is 1.78. The first-order chi connectivity index (χ1) is 10.2. The summed E-state index contributed by atoms with van der Waals surface area (Å²) >= 11 is 1.34. The van der Waals surface area contributed by atoms with Gasteiger partial charge in [-0.3, -0.25) is 9.48 Å². The number of nitrogens with one attached hydrogen (secondary N) is 1. The third-order valence-electron chi connectivity index (χ3n) is 2.94. The molecule has 0 unspecified atom stereocenters. The second-order valence-corrected chi connectivity index (χ2v) is 5.35. The fourth-order valence-electron chi connectivity index (χ4n) is 2.00. The average Bonchev–Trinajstić information content (AvgIpc) is 3.08. The molecule has 0 aromatic carbocycles. The smallest absolute Gasteiger partial charge is 0.262 e. The quantitative estimate of drug-likeness (QED) is 0.837. The van der Waals surface area contributed by atoms with Crippen LogP contribution in [0.3, 0.4) is 0 Å². The summed E-state index contributed by atoms with van der Waals surface area (Å²) in [6.45, 7) is 2.27. The van der Waals surface area contributed by atoms with Gasteiger partial charge in [0.2, 0.25) is 0 Å². The van der Waals surface area contributed by atoms with Crippen LogP contribution in [0.1, 0.15) is 33.4 Å². The van der Waals surface area contributed by atoms with Gasteiger partial charge in [0.15, 0.2) is 0 Å². The normalized spacial score (nSPS) is 10.0. The molecule has 0 aliphatic rings. The van der Waals surface area contributed by atoms with E-state index in [1.165, 1.54) is 11.3 Å². The van der Waals surface area contributed by atoms with Crippen LogP contribution in [0.5, 0.6) is 0 Å². The van der Waals surface area contributed by atoms with E-state index in [0.29, 0.717) is 17.0 Å². The SMILES string of the molecule is CCc1nn(C)cc1CNC(=O)c1sccc1C#CCO. The van der Waals surface area contributed by atoms with Crippen molar-refractivity contribution in [3.8, 4) is 11.8 Å². The fourth-order valence-corrected chi connectivity index (χ4v) is 2.77. The first-order valence-corrected chi connectivity index (χ1v) is 7.50. The van der Waals surface area contributed by atoms with E-state index in [2.05, 4.69) is 22.3 Å². The molecular formula is C15H17N3O2S. The van der Waals surface area contributed by atoms with Crippen molar-refractivity contribution >= 4 is 17.2 Å². The predicted molar refractivity (Wildman–Crippen MR) is 82.0 cm³/mol. The minimum absolute atomic E-state index is 0.154. The Morgan fingerprint density at radius 1 is 1.57 bits per heavy atom. The molecule has 0 atom stereocenters. The summed E-state index contributed by atoms with van der Waals surface area (Å²) in [5.41, 5.74) is 2.66. The van der Waals surface area contributed by atoms with Crippen molar-refractivity contribution < 1.29 is 9.90 Å². The molecule has 0 radical (unpaired) electrons. The Morgan fingerprint density at radius 2 is 2.38 bits per heavy atom. The van der Waals surface area contributed by atoms with E-state index >= 15 is 0 Å². The van der Waals surface area contributed by atoms with Crippen molar-refractivity contribution in [1.29, 1.82) is 0 Å². The van der Waals surface area contributed by atoms with Gasteiger partial charge in [-0.2, -0.15) is 5.10 Å². The lowest BCUT2D eigenvalue weighted by atomic mass is 10.2. The second-order valence-electron chi connectivity index (χ2n) is 4.43. The highest BCUT2D eigenvalue weighted by Gasteiger charge is 2.13. The number of aryl methyl sites for hydroxylation is 2. The maximum Gasteiger partial charge on any atom is 0.262 e. The maximum atomic E-state index is 12.2. The number of thiophene rings is 1. The molecular weight excluding hydrogens is 286 g/mol. The van der Waals surface area contributed by atoms with Gasteiger partial charge in [-0.05, 0) is 17.9 Å². The summed E-state index contributed by atoms with van der Waals surface area (Å²) in [4.78, 5) is 12.8. The Kier molecular flexibility index (Phi) is 5.14. The first-order valence-electron chi connectivity index (χ1n) is 6.62. The number of nitrogens with zero attached hydrogens (tertiary/aromatic N) is 2. The minimum atomic E-state index is -0.216. The van der Waals surface area contributed by atoms with Crippen LogP contribution < -0.4 is 5.32 Å². The number of rotatable bonds is 4. The number of aliphatic hydroxyl groups excluding tert-OH is 1. The van der Waals surface area contributed by atoms with Gasteiger partial charge in [-0.15, -0.1) is 11.3 Å². The lowest BCUT2D eigenvalue weighted by Crippen LogP contribution is -2.22. The van der Waals surface area contributed by atoms with Crippen LogP contribution in [0, 0.1) is 11.8 Å². The highest BCUT2D eigenvalue weighted by molar-refractivity contribution is 7.12. The van der Waals surface area contributed by atoms with E-state index in [1.54, 1.807) is 10.7 Å². The molecule has 2 aromatic rings. The zero-order valence-electron chi connectivity index (χ0n) is 12.0. The molecule has 0 fully saturated rings. The number of hydrogen-bond donors (Lipinski definition) is 2. The first kappa shape index (κ1) is 15.3. The summed E-state index contributed by atoms with van der Waals surface area (Å²) in [7, 11) is 1.87. The molecule has 2 N–H and O–H groups in total. The average molecular weight is 303 g/mol. The molecule has 0 aliphatic carbocycles. The van der Waals surface area contributed by atoms with E-state index in [-0.39, 0.29) is 12.5 Å². The molecule has 0 bridgehead atoms. The molecule has 6 heteroatoms. The van der Waals surface area contributed by atoms with Crippen molar-refractivity contribution in [1.82, 2.24) is 15.1 Å². The summed E-state index contributed by atoms with van der Waals surface area (Å²) in [6.07, 6.45) is 2.75. The zero-order valence-corrected chi connectivity index (χ0v) is 12.8. The second kappa shape index (κ2) is 7.07. The van der Waals surface area contributed by atoms with Crippen LogP contribution in [-0.4, -0.2) is 27.4 Å². The highest BCUT2D eigenvalue weighted by Crippen LogP contribution is 2.16. The third kappa shape index (κ3) is 3.72.